The van der Waals surface area contributed by atoms with E-state index in [2.05, 4.69) is 4.90 Å². The van der Waals surface area contributed by atoms with Crippen molar-refractivity contribution in [3.8, 4) is 0 Å². The standard InChI is InChI=1S/C18H21ClN2O2S/c1-14-3-4-15(2)18(13-14)24(22,23)21-11-9-20(10-12-21)17-7-5-16(19)6-8-17/h3-8,13H,9-12H2,1-2H3. The third-order valence-corrected chi connectivity index (χ3v) is 6.68. The Labute approximate surface area is 148 Å². The fraction of sp³-hybridized carbons (Fsp3) is 0.333. The number of hydrogen-bond acceptors (Lipinski definition) is 3. The van der Waals surface area contributed by atoms with Gasteiger partial charge in [0.2, 0.25) is 10.0 Å². The molecule has 0 unspecified atom stereocenters. The molecule has 0 aliphatic carbocycles. The molecule has 0 bridgehead atoms. The molecule has 3 rings (SSSR count). The van der Waals surface area contributed by atoms with E-state index in [-0.39, 0.29) is 0 Å². The van der Waals surface area contributed by atoms with Crippen LogP contribution < -0.4 is 4.90 Å². The Hall–Kier alpha value is -1.56. The molecule has 1 fully saturated rings. The quantitative estimate of drug-likeness (QED) is 0.837. The number of benzene rings is 2. The van der Waals surface area contributed by atoms with Gasteiger partial charge in [0.25, 0.3) is 0 Å². The molecule has 0 saturated carbocycles. The molecule has 1 heterocycles. The Balaban J connectivity index is 1.76. The zero-order valence-corrected chi connectivity index (χ0v) is 15.4. The first-order valence-electron chi connectivity index (χ1n) is 7.96. The fourth-order valence-electron chi connectivity index (χ4n) is 2.96. The minimum absolute atomic E-state index is 0.419. The van der Waals surface area contributed by atoms with Crippen LogP contribution in [0.15, 0.2) is 47.4 Å². The van der Waals surface area contributed by atoms with Gasteiger partial charge in [-0.25, -0.2) is 8.42 Å². The van der Waals surface area contributed by atoms with Crippen molar-refractivity contribution in [2.75, 3.05) is 31.1 Å². The third kappa shape index (κ3) is 3.43. The summed E-state index contributed by atoms with van der Waals surface area (Å²) < 4.78 is 27.5. The number of piperazine rings is 1. The van der Waals surface area contributed by atoms with Crippen molar-refractivity contribution in [1.29, 1.82) is 0 Å². The highest BCUT2D eigenvalue weighted by Gasteiger charge is 2.29. The minimum Gasteiger partial charge on any atom is -0.369 e. The molecule has 24 heavy (non-hydrogen) atoms. The average molecular weight is 365 g/mol. The topological polar surface area (TPSA) is 40.6 Å². The first kappa shape index (κ1) is 17.3. The lowest BCUT2D eigenvalue weighted by Crippen LogP contribution is -2.48. The molecular weight excluding hydrogens is 344 g/mol. The summed E-state index contributed by atoms with van der Waals surface area (Å²) in [5.41, 5.74) is 2.82. The molecule has 1 aliphatic heterocycles. The molecular formula is C18H21ClN2O2S. The summed E-state index contributed by atoms with van der Waals surface area (Å²) in [6.45, 7) is 6.07. The van der Waals surface area contributed by atoms with Gasteiger partial charge in [0.05, 0.1) is 4.90 Å². The van der Waals surface area contributed by atoms with Gasteiger partial charge in [-0.15, -0.1) is 0 Å². The van der Waals surface area contributed by atoms with Crippen LogP contribution in [0.5, 0.6) is 0 Å². The Morgan fingerprint density at radius 2 is 1.54 bits per heavy atom. The van der Waals surface area contributed by atoms with Crippen LogP contribution in [0.1, 0.15) is 11.1 Å². The van der Waals surface area contributed by atoms with E-state index in [1.54, 1.807) is 10.4 Å². The first-order valence-corrected chi connectivity index (χ1v) is 9.77. The van der Waals surface area contributed by atoms with Crippen molar-refractivity contribution >= 4 is 27.3 Å². The maximum atomic E-state index is 12.9. The monoisotopic (exact) mass is 364 g/mol. The summed E-state index contributed by atoms with van der Waals surface area (Å²) in [5, 5.41) is 0.704. The van der Waals surface area contributed by atoms with Gasteiger partial charge >= 0.3 is 0 Å². The van der Waals surface area contributed by atoms with Gasteiger partial charge in [-0.1, -0.05) is 23.7 Å². The van der Waals surface area contributed by atoms with E-state index >= 15 is 0 Å². The molecule has 6 heteroatoms. The second kappa shape index (κ2) is 6.75. The van der Waals surface area contributed by atoms with Crippen molar-refractivity contribution in [1.82, 2.24) is 4.31 Å². The molecule has 2 aromatic carbocycles. The van der Waals surface area contributed by atoms with Crippen molar-refractivity contribution in [3.05, 3.63) is 58.6 Å². The molecule has 0 spiro atoms. The Kier molecular flexibility index (Phi) is 4.85. The molecule has 128 valence electrons. The van der Waals surface area contributed by atoms with Gasteiger partial charge in [0.1, 0.15) is 0 Å². The predicted molar refractivity (Wildman–Crippen MR) is 98.3 cm³/mol. The lowest BCUT2D eigenvalue weighted by atomic mass is 10.2. The highest BCUT2D eigenvalue weighted by molar-refractivity contribution is 7.89. The third-order valence-electron chi connectivity index (χ3n) is 4.39. The minimum atomic E-state index is -3.44. The molecule has 0 amide bonds. The van der Waals surface area contributed by atoms with E-state index < -0.39 is 10.0 Å². The van der Waals surface area contributed by atoms with E-state index in [0.717, 1.165) is 16.8 Å². The van der Waals surface area contributed by atoms with Crippen LogP contribution in [0.25, 0.3) is 0 Å². The Morgan fingerprint density at radius 1 is 0.917 bits per heavy atom. The van der Waals surface area contributed by atoms with Crippen molar-refractivity contribution < 1.29 is 8.42 Å². The van der Waals surface area contributed by atoms with Crippen LogP contribution in [0.2, 0.25) is 5.02 Å². The molecule has 2 aromatic rings. The number of hydrogen-bond donors (Lipinski definition) is 0. The Morgan fingerprint density at radius 3 is 2.17 bits per heavy atom. The van der Waals surface area contributed by atoms with Gasteiger partial charge in [0.15, 0.2) is 0 Å². The number of rotatable bonds is 3. The second-order valence-corrected chi connectivity index (χ2v) is 8.48. The molecule has 0 N–H and O–H groups in total. The summed E-state index contributed by atoms with van der Waals surface area (Å²) in [6.07, 6.45) is 0. The van der Waals surface area contributed by atoms with E-state index in [1.807, 2.05) is 50.2 Å². The summed E-state index contributed by atoms with van der Waals surface area (Å²) in [5.74, 6) is 0. The van der Waals surface area contributed by atoms with Gasteiger partial charge < -0.3 is 4.90 Å². The van der Waals surface area contributed by atoms with Crippen LogP contribution in [0.4, 0.5) is 5.69 Å². The Bertz CT molecular complexity index is 827. The number of aryl methyl sites for hydroxylation is 2. The van der Waals surface area contributed by atoms with Gasteiger partial charge in [-0.05, 0) is 55.3 Å². The van der Waals surface area contributed by atoms with Crippen LogP contribution in [-0.2, 0) is 10.0 Å². The zero-order chi connectivity index (χ0) is 17.3. The number of nitrogens with zero attached hydrogens (tertiary/aromatic N) is 2. The highest BCUT2D eigenvalue weighted by atomic mass is 35.5. The smallest absolute Gasteiger partial charge is 0.243 e. The summed E-state index contributed by atoms with van der Waals surface area (Å²) in [4.78, 5) is 2.60. The molecule has 1 saturated heterocycles. The van der Waals surface area contributed by atoms with E-state index in [1.165, 1.54) is 0 Å². The van der Waals surface area contributed by atoms with Crippen molar-refractivity contribution in [3.63, 3.8) is 0 Å². The van der Waals surface area contributed by atoms with Crippen LogP contribution in [-0.4, -0.2) is 38.9 Å². The fourth-order valence-corrected chi connectivity index (χ4v) is 4.82. The lowest BCUT2D eigenvalue weighted by Gasteiger charge is -2.35. The van der Waals surface area contributed by atoms with Crippen molar-refractivity contribution in [2.45, 2.75) is 18.7 Å². The van der Waals surface area contributed by atoms with Gasteiger partial charge in [-0.2, -0.15) is 4.31 Å². The van der Waals surface area contributed by atoms with Crippen LogP contribution in [0, 0.1) is 13.8 Å². The molecule has 0 aromatic heterocycles. The summed E-state index contributed by atoms with van der Waals surface area (Å²) >= 11 is 5.92. The molecule has 4 nitrogen and oxygen atoms in total. The SMILES string of the molecule is Cc1ccc(C)c(S(=O)(=O)N2CCN(c3ccc(Cl)cc3)CC2)c1. The second-order valence-electron chi connectivity index (χ2n) is 6.14. The van der Waals surface area contributed by atoms with Crippen LogP contribution >= 0.6 is 11.6 Å². The maximum absolute atomic E-state index is 12.9. The number of halogens is 1. The van der Waals surface area contributed by atoms with Gasteiger partial charge in [-0.3, -0.25) is 0 Å². The predicted octanol–water partition coefficient (Wildman–Crippen LogP) is 3.47. The largest absolute Gasteiger partial charge is 0.369 e. The van der Waals surface area contributed by atoms with E-state index in [4.69, 9.17) is 11.6 Å². The molecule has 0 radical (unpaired) electrons. The number of sulfonamides is 1. The van der Waals surface area contributed by atoms with Gasteiger partial charge in [0, 0.05) is 36.9 Å². The van der Waals surface area contributed by atoms with E-state index in [9.17, 15) is 8.42 Å². The summed E-state index contributed by atoms with van der Waals surface area (Å²) in [6, 6.07) is 13.2. The molecule has 1 aliphatic rings. The lowest BCUT2D eigenvalue weighted by molar-refractivity contribution is 0.384. The highest BCUT2D eigenvalue weighted by Crippen LogP contribution is 2.24. The zero-order valence-electron chi connectivity index (χ0n) is 13.9. The van der Waals surface area contributed by atoms with Crippen molar-refractivity contribution in [2.24, 2.45) is 0 Å². The number of anilines is 1. The average Bonchev–Trinajstić information content (AvgIpc) is 2.58. The first-order chi connectivity index (χ1) is 11.4. The normalized spacial score (nSPS) is 16.4. The van der Waals surface area contributed by atoms with E-state index in [0.29, 0.717) is 36.1 Å². The van der Waals surface area contributed by atoms with Crippen LogP contribution in [0.3, 0.4) is 0 Å². The molecule has 0 atom stereocenters. The maximum Gasteiger partial charge on any atom is 0.243 e. The summed E-state index contributed by atoms with van der Waals surface area (Å²) in [7, 11) is -3.44.